The van der Waals surface area contributed by atoms with Crippen molar-refractivity contribution in [1.29, 1.82) is 0 Å². The Kier molecular flexibility index (Phi) is 9.57. The number of methoxy groups -OCH3 is 2. The number of esters is 2. The van der Waals surface area contributed by atoms with Crippen molar-refractivity contribution in [3.8, 4) is 11.4 Å². The van der Waals surface area contributed by atoms with E-state index in [-0.39, 0.29) is 23.4 Å². The molecule has 0 saturated carbocycles. The number of benzene rings is 2. The third-order valence-electron chi connectivity index (χ3n) is 5.38. The van der Waals surface area contributed by atoms with Gasteiger partial charge in [-0.15, -0.1) is 11.6 Å². The molecule has 1 atom stereocenters. The van der Waals surface area contributed by atoms with Gasteiger partial charge in [0, 0.05) is 23.2 Å². The number of carbonyl (C=O) groups excluding carboxylic acids is 3. The van der Waals surface area contributed by atoms with Crippen LogP contribution in [0.5, 0.6) is 5.75 Å². The van der Waals surface area contributed by atoms with Crippen LogP contribution in [-0.2, 0) is 19.1 Å². The Labute approximate surface area is 218 Å². The molecule has 0 N–H and O–H groups in total. The van der Waals surface area contributed by atoms with Gasteiger partial charge >= 0.3 is 11.9 Å². The molecule has 8 nitrogen and oxygen atoms in total. The van der Waals surface area contributed by atoms with Crippen molar-refractivity contribution >= 4 is 35.4 Å². The van der Waals surface area contributed by atoms with E-state index in [0.29, 0.717) is 17.7 Å². The molecule has 10 heteroatoms. The van der Waals surface area contributed by atoms with Gasteiger partial charge in [-0.25, -0.2) is 19.0 Å². The van der Waals surface area contributed by atoms with E-state index in [1.807, 2.05) is 23.8 Å². The zero-order valence-electron chi connectivity index (χ0n) is 20.6. The largest absolute Gasteiger partial charge is 0.495 e. The fourth-order valence-corrected chi connectivity index (χ4v) is 3.64. The predicted octanol–water partition coefficient (Wildman–Crippen LogP) is 4.70. The fourth-order valence-electron chi connectivity index (χ4n) is 3.51. The van der Waals surface area contributed by atoms with Crippen LogP contribution in [0.25, 0.3) is 11.8 Å². The number of nitrogens with zero attached hydrogens (tertiary/aromatic N) is 2. The Morgan fingerprint density at radius 2 is 1.86 bits per heavy atom. The summed E-state index contributed by atoms with van der Waals surface area (Å²) in [5.74, 6) is -2.51. The molecule has 3 rings (SSSR count). The number of imidazole rings is 1. The van der Waals surface area contributed by atoms with Crippen LogP contribution in [-0.4, -0.2) is 53.5 Å². The maximum absolute atomic E-state index is 13.3. The van der Waals surface area contributed by atoms with Gasteiger partial charge in [-0.1, -0.05) is 6.07 Å². The smallest absolute Gasteiger partial charge is 0.355 e. The van der Waals surface area contributed by atoms with E-state index in [9.17, 15) is 18.8 Å². The normalized spacial score (nSPS) is 12.1. The lowest BCUT2D eigenvalue weighted by molar-refractivity contribution is -0.160. The second kappa shape index (κ2) is 12.8. The van der Waals surface area contributed by atoms with Crippen LogP contribution >= 0.6 is 11.6 Å². The maximum atomic E-state index is 13.3. The van der Waals surface area contributed by atoms with E-state index in [1.54, 1.807) is 24.5 Å². The van der Waals surface area contributed by atoms with Crippen LogP contribution in [0.2, 0.25) is 0 Å². The van der Waals surface area contributed by atoms with Crippen molar-refractivity contribution in [3.05, 3.63) is 83.2 Å². The average Bonchev–Trinajstić information content (AvgIpc) is 3.34. The SMILES string of the molecule is COC(=O)C(OC(=O)C(=Cc1ccc(-n2cnc(C)c2)c(OC)c1)CCCCl)C(=O)c1ccc(F)cc1. The predicted molar refractivity (Wildman–Crippen MR) is 135 cm³/mol. The summed E-state index contributed by atoms with van der Waals surface area (Å²) in [6.45, 7) is 1.87. The summed E-state index contributed by atoms with van der Waals surface area (Å²) in [6.07, 6.45) is 3.91. The zero-order chi connectivity index (χ0) is 26.9. The topological polar surface area (TPSA) is 96.7 Å². The van der Waals surface area contributed by atoms with Crippen molar-refractivity contribution in [1.82, 2.24) is 9.55 Å². The van der Waals surface area contributed by atoms with Crippen molar-refractivity contribution in [2.45, 2.75) is 25.9 Å². The van der Waals surface area contributed by atoms with Gasteiger partial charge in [0.25, 0.3) is 6.10 Å². The molecule has 2 aromatic carbocycles. The van der Waals surface area contributed by atoms with Gasteiger partial charge in [-0.3, -0.25) is 4.79 Å². The van der Waals surface area contributed by atoms with E-state index in [2.05, 4.69) is 9.72 Å². The molecule has 0 spiro atoms. The van der Waals surface area contributed by atoms with E-state index in [1.165, 1.54) is 19.2 Å². The Bertz CT molecular complexity index is 1300. The first-order chi connectivity index (χ1) is 17.8. The Morgan fingerprint density at radius 3 is 2.46 bits per heavy atom. The molecule has 37 heavy (non-hydrogen) atoms. The molecule has 0 fully saturated rings. The summed E-state index contributed by atoms with van der Waals surface area (Å²) in [5.41, 5.74) is 2.40. The molecule has 0 aliphatic carbocycles. The minimum atomic E-state index is -1.86. The van der Waals surface area contributed by atoms with Crippen LogP contribution in [0.15, 0.2) is 60.6 Å². The number of carbonyl (C=O) groups is 3. The lowest BCUT2D eigenvalue weighted by atomic mass is 10.0. The highest BCUT2D eigenvalue weighted by Crippen LogP contribution is 2.27. The van der Waals surface area contributed by atoms with Gasteiger partial charge in [0.1, 0.15) is 11.6 Å². The van der Waals surface area contributed by atoms with Gasteiger partial charge < -0.3 is 18.8 Å². The molecule has 0 saturated heterocycles. The number of hydrogen-bond donors (Lipinski definition) is 0. The average molecular weight is 529 g/mol. The molecule has 1 unspecified atom stereocenters. The van der Waals surface area contributed by atoms with Gasteiger partial charge in [0.15, 0.2) is 0 Å². The molecular weight excluding hydrogens is 503 g/mol. The fraction of sp³-hybridized carbons (Fsp3) is 0.259. The van der Waals surface area contributed by atoms with Crippen molar-refractivity contribution < 1.29 is 33.0 Å². The molecule has 1 aromatic heterocycles. The molecule has 3 aromatic rings. The summed E-state index contributed by atoms with van der Waals surface area (Å²) < 4.78 is 30.6. The summed E-state index contributed by atoms with van der Waals surface area (Å²) in [4.78, 5) is 42.5. The van der Waals surface area contributed by atoms with Crippen molar-refractivity contribution in [2.75, 3.05) is 20.1 Å². The number of aromatic nitrogens is 2. The lowest BCUT2D eigenvalue weighted by Crippen LogP contribution is -2.36. The third-order valence-corrected chi connectivity index (χ3v) is 5.65. The quantitative estimate of drug-likeness (QED) is 0.117. The number of alkyl halides is 1. The van der Waals surface area contributed by atoms with Crippen LogP contribution in [0.3, 0.4) is 0 Å². The Morgan fingerprint density at radius 1 is 1.14 bits per heavy atom. The molecule has 0 bridgehead atoms. The Hall–Kier alpha value is -3.98. The first-order valence-electron chi connectivity index (χ1n) is 11.3. The second-order valence-electron chi connectivity index (χ2n) is 8.00. The van der Waals surface area contributed by atoms with Crippen LogP contribution in [0.1, 0.15) is 34.5 Å². The van der Waals surface area contributed by atoms with E-state index in [4.69, 9.17) is 21.1 Å². The van der Waals surface area contributed by atoms with Gasteiger partial charge in [-0.05, 0) is 67.8 Å². The standard InChI is InChI=1S/C27H26ClFN2O6/c1-17-15-31(16-30-17)22-11-6-18(14-23(22)35-2)13-20(5-4-12-28)26(33)37-25(27(34)36-3)24(32)19-7-9-21(29)10-8-19/h6-11,13-16,25H,4-5,12H2,1-3H3. The summed E-state index contributed by atoms with van der Waals surface area (Å²) in [6, 6.07) is 9.85. The minimum absolute atomic E-state index is 0.00838. The van der Waals surface area contributed by atoms with E-state index < -0.39 is 29.6 Å². The number of halogens is 2. The number of ketones is 1. The second-order valence-corrected chi connectivity index (χ2v) is 8.37. The van der Waals surface area contributed by atoms with Gasteiger partial charge in [-0.2, -0.15) is 0 Å². The number of aryl methyl sites for hydroxylation is 1. The summed E-state index contributed by atoms with van der Waals surface area (Å²) >= 11 is 5.85. The number of hydrogen-bond acceptors (Lipinski definition) is 7. The maximum Gasteiger partial charge on any atom is 0.355 e. The molecular formula is C27H26ClFN2O6. The van der Waals surface area contributed by atoms with Gasteiger partial charge in [0.05, 0.1) is 31.9 Å². The highest BCUT2D eigenvalue weighted by atomic mass is 35.5. The first-order valence-corrected chi connectivity index (χ1v) is 11.8. The zero-order valence-corrected chi connectivity index (χ0v) is 21.3. The first kappa shape index (κ1) is 27.6. The molecule has 0 radical (unpaired) electrons. The number of rotatable bonds is 11. The van der Waals surface area contributed by atoms with Crippen LogP contribution in [0, 0.1) is 12.7 Å². The highest BCUT2D eigenvalue weighted by Gasteiger charge is 2.33. The summed E-state index contributed by atoms with van der Waals surface area (Å²) in [5, 5.41) is 0. The molecule has 1 heterocycles. The number of ether oxygens (including phenoxy) is 3. The monoisotopic (exact) mass is 528 g/mol. The van der Waals surface area contributed by atoms with E-state index >= 15 is 0 Å². The van der Waals surface area contributed by atoms with Crippen LogP contribution in [0.4, 0.5) is 4.39 Å². The molecule has 0 aliphatic heterocycles. The lowest BCUT2D eigenvalue weighted by Gasteiger charge is -2.16. The highest BCUT2D eigenvalue weighted by molar-refractivity contribution is 6.18. The van der Waals surface area contributed by atoms with Crippen LogP contribution < -0.4 is 4.74 Å². The summed E-state index contributed by atoms with van der Waals surface area (Å²) in [7, 11) is 2.60. The molecule has 0 aliphatic rings. The Balaban J connectivity index is 1.91. The minimum Gasteiger partial charge on any atom is -0.495 e. The van der Waals surface area contributed by atoms with Crippen molar-refractivity contribution in [2.24, 2.45) is 0 Å². The van der Waals surface area contributed by atoms with E-state index in [0.717, 1.165) is 30.6 Å². The van der Waals surface area contributed by atoms with Gasteiger partial charge in [0.2, 0.25) is 5.78 Å². The number of Topliss-reactive ketones (excluding diaryl/α,β-unsaturated/α-hetero) is 1. The third kappa shape index (κ3) is 7.04. The molecule has 194 valence electrons. The van der Waals surface area contributed by atoms with Crippen molar-refractivity contribution in [3.63, 3.8) is 0 Å². The molecule has 0 amide bonds.